The summed E-state index contributed by atoms with van der Waals surface area (Å²) in [5, 5.41) is 51.7. The van der Waals surface area contributed by atoms with Crippen LogP contribution in [0.4, 0.5) is 28.1 Å². The number of aromatic nitrogens is 14. The Morgan fingerprint density at radius 2 is 1.11 bits per heavy atom. The van der Waals surface area contributed by atoms with Crippen LogP contribution in [-0.4, -0.2) is 130 Å². The summed E-state index contributed by atoms with van der Waals surface area (Å²) in [4.78, 5) is 50.6. The number of nitrogens with zero attached hydrogens (tertiary/aromatic N) is 14. The van der Waals surface area contributed by atoms with Gasteiger partial charge >= 0.3 is 18.0 Å². The molecule has 0 saturated heterocycles. The minimum atomic E-state index is -0.846. The molecule has 8 aromatic rings. The number of nitrogens with two attached hydrogens (primary N) is 1. The standard InChI is InChI=1S/C25H31N9O5.C20H23N9O3/c1-25(2,3)39-24(37)26-11-5-12-33-16-17(14-28-33)29-23-27-15-20-22(30-23)34(32-31-20)18-7-9-19(10-8-18)38-13-4-6-21(35)36;21-8-2-9-28-13-14(11-23-28)24-20-22-12-17-19(25-20)29(27-26-17)15-4-6-16(7-5-15)32-10-1-3-18(30)31/h7-10,14-16H,4-6,11-13H2,1-3H3,(H,26,37)(H,35,36)(H,27,29,30);4-7,11-13H,1-3,8-10,21H2,(H,30,31)(H,22,24,25). The van der Waals surface area contributed by atoms with Gasteiger partial charge in [0.1, 0.15) is 17.1 Å². The van der Waals surface area contributed by atoms with Crippen molar-refractivity contribution in [3.05, 3.63) is 85.7 Å². The molecular formula is C45H54N18O8. The highest BCUT2D eigenvalue weighted by Crippen LogP contribution is 2.22. The van der Waals surface area contributed by atoms with Gasteiger partial charge in [0.15, 0.2) is 22.3 Å². The highest BCUT2D eigenvalue weighted by Gasteiger charge is 2.16. The van der Waals surface area contributed by atoms with Crippen molar-refractivity contribution in [3.8, 4) is 22.9 Å². The molecule has 0 aliphatic rings. The van der Waals surface area contributed by atoms with Crippen LogP contribution in [0.15, 0.2) is 85.7 Å². The first-order chi connectivity index (χ1) is 34.3. The quantitative estimate of drug-likeness (QED) is 0.0457. The SMILES string of the molecule is CC(C)(C)OC(=O)NCCCn1cc(Nc2ncc3nnn(-c4ccc(OCCCC(=O)O)cc4)c3n2)cn1.NCCCn1cc(Nc2ncc3nnn(-c4ccc(OCCCC(=O)O)cc4)c3n2)cn1. The van der Waals surface area contributed by atoms with Gasteiger partial charge in [0.25, 0.3) is 0 Å². The lowest BCUT2D eigenvalue weighted by atomic mass is 10.2. The van der Waals surface area contributed by atoms with E-state index in [1.807, 2.05) is 62.1 Å². The molecule has 26 heteroatoms. The summed E-state index contributed by atoms with van der Waals surface area (Å²) in [6.45, 7) is 8.53. The van der Waals surface area contributed by atoms with Crippen LogP contribution in [-0.2, 0) is 27.4 Å². The van der Waals surface area contributed by atoms with E-state index in [-0.39, 0.29) is 12.8 Å². The van der Waals surface area contributed by atoms with E-state index in [1.165, 1.54) is 0 Å². The van der Waals surface area contributed by atoms with Crippen molar-refractivity contribution in [3.63, 3.8) is 0 Å². The molecule has 0 aliphatic heterocycles. The van der Waals surface area contributed by atoms with E-state index in [2.05, 4.69) is 66.7 Å². The molecule has 71 heavy (non-hydrogen) atoms. The minimum Gasteiger partial charge on any atom is -0.494 e. The molecular weight excluding hydrogens is 921 g/mol. The van der Waals surface area contributed by atoms with Gasteiger partial charge in [0.2, 0.25) is 11.9 Å². The lowest BCUT2D eigenvalue weighted by Crippen LogP contribution is -2.33. The summed E-state index contributed by atoms with van der Waals surface area (Å²) < 4.78 is 23.2. The minimum absolute atomic E-state index is 0.0627. The maximum atomic E-state index is 11.7. The molecule has 0 fully saturated rings. The Balaban J connectivity index is 0.000000213. The third-order valence-electron chi connectivity index (χ3n) is 9.76. The van der Waals surface area contributed by atoms with Gasteiger partial charge in [-0.05, 0) is 102 Å². The molecule has 0 unspecified atom stereocenters. The van der Waals surface area contributed by atoms with Gasteiger partial charge in [0, 0.05) is 44.9 Å². The average molecular weight is 975 g/mol. The Kier molecular flexibility index (Phi) is 16.9. The predicted octanol–water partition coefficient (Wildman–Crippen LogP) is 5.05. The number of nitrogens with one attached hydrogen (secondary N) is 3. The van der Waals surface area contributed by atoms with Gasteiger partial charge in [-0.25, -0.2) is 14.8 Å². The van der Waals surface area contributed by atoms with Crippen molar-refractivity contribution < 1.29 is 38.8 Å². The third kappa shape index (κ3) is 15.1. The molecule has 26 nitrogen and oxygen atoms in total. The number of rotatable bonds is 23. The van der Waals surface area contributed by atoms with Crippen LogP contribution in [0, 0.1) is 0 Å². The van der Waals surface area contributed by atoms with Crippen molar-refractivity contribution in [2.24, 2.45) is 5.73 Å². The average Bonchev–Trinajstić information content (AvgIpc) is 4.17. The maximum Gasteiger partial charge on any atom is 0.407 e. The predicted molar refractivity (Wildman–Crippen MR) is 257 cm³/mol. The Morgan fingerprint density at radius 3 is 1.55 bits per heavy atom. The van der Waals surface area contributed by atoms with E-state index in [9.17, 15) is 14.4 Å². The number of aliphatic carboxylic acids is 2. The second-order valence-corrected chi connectivity index (χ2v) is 16.6. The van der Waals surface area contributed by atoms with Gasteiger partial charge < -0.3 is 46.1 Å². The Morgan fingerprint density at radius 1 is 0.648 bits per heavy atom. The van der Waals surface area contributed by atoms with Gasteiger partial charge in [-0.1, -0.05) is 10.4 Å². The fourth-order valence-electron chi connectivity index (χ4n) is 6.48. The van der Waals surface area contributed by atoms with Crippen molar-refractivity contribution in [2.45, 2.75) is 78.0 Å². The van der Waals surface area contributed by atoms with E-state index in [0.29, 0.717) is 104 Å². The summed E-state index contributed by atoms with van der Waals surface area (Å²) in [7, 11) is 0. The van der Waals surface area contributed by atoms with E-state index in [4.69, 9.17) is 30.2 Å². The number of amides is 1. The Hall–Kier alpha value is -8.81. The molecule has 6 heterocycles. The van der Waals surface area contributed by atoms with E-state index < -0.39 is 23.6 Å². The zero-order valence-electron chi connectivity index (χ0n) is 39.3. The molecule has 0 atom stereocenters. The molecule has 0 saturated carbocycles. The largest absolute Gasteiger partial charge is 0.494 e. The number of fused-ring (bicyclic) bond motifs is 2. The summed E-state index contributed by atoms with van der Waals surface area (Å²) in [6, 6.07) is 14.4. The molecule has 8 rings (SSSR count). The van der Waals surface area contributed by atoms with Gasteiger partial charge in [0.05, 0.1) is 60.8 Å². The van der Waals surface area contributed by atoms with E-state index >= 15 is 0 Å². The van der Waals surface area contributed by atoms with Crippen LogP contribution < -0.4 is 31.2 Å². The summed E-state index contributed by atoms with van der Waals surface area (Å²) in [5.41, 5.74) is 10.1. The van der Waals surface area contributed by atoms with Crippen molar-refractivity contribution in [1.82, 2.24) is 74.8 Å². The first-order valence-electron chi connectivity index (χ1n) is 22.6. The summed E-state index contributed by atoms with van der Waals surface area (Å²) in [5.74, 6) is 0.350. The number of anilines is 4. The van der Waals surface area contributed by atoms with Crippen LogP contribution in [0.25, 0.3) is 33.7 Å². The second kappa shape index (κ2) is 24.0. The fourth-order valence-corrected chi connectivity index (χ4v) is 6.48. The molecule has 372 valence electrons. The number of carboxylic acid groups (broad SMARTS) is 2. The van der Waals surface area contributed by atoms with Gasteiger partial charge in [-0.2, -0.15) is 29.5 Å². The first-order valence-corrected chi connectivity index (χ1v) is 22.6. The summed E-state index contributed by atoms with van der Waals surface area (Å²) >= 11 is 0. The molecule has 2 aromatic carbocycles. The zero-order chi connectivity index (χ0) is 50.2. The molecule has 0 aliphatic carbocycles. The number of hydrogen-bond donors (Lipinski definition) is 6. The van der Waals surface area contributed by atoms with Crippen LogP contribution in [0.3, 0.4) is 0 Å². The van der Waals surface area contributed by atoms with Crippen LogP contribution >= 0.6 is 0 Å². The Bertz CT molecular complexity index is 3000. The highest BCUT2D eigenvalue weighted by molar-refractivity contribution is 5.74. The normalized spacial score (nSPS) is 11.2. The molecule has 0 bridgehead atoms. The molecule has 6 aromatic heterocycles. The van der Waals surface area contributed by atoms with E-state index in [1.54, 1.807) is 63.1 Å². The Labute approximate surface area is 405 Å². The number of hydrogen-bond acceptors (Lipinski definition) is 19. The number of ether oxygens (including phenoxy) is 3. The number of carbonyl (C=O) groups excluding carboxylic acids is 1. The maximum absolute atomic E-state index is 11.7. The smallest absolute Gasteiger partial charge is 0.407 e. The van der Waals surface area contributed by atoms with Crippen molar-refractivity contribution in [2.75, 3.05) is 36.9 Å². The van der Waals surface area contributed by atoms with E-state index in [0.717, 1.165) is 30.0 Å². The number of alkyl carbamates (subject to hydrolysis) is 1. The second-order valence-electron chi connectivity index (χ2n) is 16.6. The zero-order valence-corrected chi connectivity index (χ0v) is 39.3. The molecule has 0 spiro atoms. The first kappa shape index (κ1) is 50.1. The lowest BCUT2D eigenvalue weighted by molar-refractivity contribution is -0.138. The molecule has 0 radical (unpaired) electrons. The fraction of sp³-hybridized carbons (Fsp3) is 0.356. The van der Waals surface area contributed by atoms with Gasteiger partial charge in [-0.15, -0.1) is 10.2 Å². The lowest BCUT2D eigenvalue weighted by Gasteiger charge is -2.19. The molecule has 7 N–H and O–H groups in total. The number of aryl methyl sites for hydroxylation is 2. The van der Waals surface area contributed by atoms with Crippen molar-refractivity contribution in [1.29, 1.82) is 0 Å². The number of benzene rings is 2. The monoisotopic (exact) mass is 974 g/mol. The van der Waals surface area contributed by atoms with Crippen LogP contribution in [0.5, 0.6) is 11.5 Å². The van der Waals surface area contributed by atoms with Gasteiger partial charge in [-0.3, -0.25) is 19.0 Å². The molecule has 1 amide bonds. The van der Waals surface area contributed by atoms with Crippen LogP contribution in [0.1, 0.15) is 59.3 Å². The number of carboxylic acids is 2. The van der Waals surface area contributed by atoms with Crippen molar-refractivity contribution >= 4 is 63.6 Å². The third-order valence-corrected chi connectivity index (χ3v) is 9.76. The topological polar surface area (TPSA) is 330 Å². The number of carbonyl (C=O) groups is 3. The highest BCUT2D eigenvalue weighted by atomic mass is 16.6. The van der Waals surface area contributed by atoms with Crippen LogP contribution in [0.2, 0.25) is 0 Å². The summed E-state index contributed by atoms with van der Waals surface area (Å²) in [6.07, 6.45) is 12.4.